The van der Waals surface area contributed by atoms with Crippen LogP contribution in [0.5, 0.6) is 17.2 Å². The van der Waals surface area contributed by atoms with Crippen LogP contribution in [0.3, 0.4) is 0 Å². The van der Waals surface area contributed by atoms with E-state index in [0.717, 1.165) is 16.9 Å². The van der Waals surface area contributed by atoms with E-state index in [9.17, 15) is 13.5 Å². The van der Waals surface area contributed by atoms with E-state index in [1.165, 1.54) is 12.1 Å². The summed E-state index contributed by atoms with van der Waals surface area (Å²) in [5, 5.41) is 9.83. The molecule has 5 nitrogen and oxygen atoms in total. The lowest BCUT2D eigenvalue weighted by Crippen LogP contribution is -2.24. The Morgan fingerprint density at radius 2 is 1.72 bits per heavy atom. The number of fused-ring (bicyclic) bond motifs is 1. The molecule has 0 radical (unpaired) electrons. The molecule has 0 unspecified atom stereocenters. The second kappa shape index (κ2) is 5.66. The molecule has 0 saturated heterocycles. The fourth-order valence-electron chi connectivity index (χ4n) is 3.31. The molecule has 0 aliphatic carbocycles. The van der Waals surface area contributed by atoms with Crippen LogP contribution in [-0.2, 0) is 16.5 Å². The molecule has 0 amide bonds. The molecular formula is C19H22O5S. The molecule has 1 aliphatic rings. The monoisotopic (exact) mass is 362 g/mol. The zero-order chi connectivity index (χ0) is 18.6. The van der Waals surface area contributed by atoms with Crippen molar-refractivity contribution in [2.75, 3.05) is 0 Å². The standard InChI is InChI=1S/C19H22O5S/c1-11-12(2)18(13(3)14-10-19(4,5)23-17(11)14)25(21,22)24-16-9-7-6-8-15(16)20/h6-9,20H,10H2,1-5H3. The summed E-state index contributed by atoms with van der Waals surface area (Å²) in [7, 11) is -4.09. The minimum atomic E-state index is -4.09. The predicted octanol–water partition coefficient (Wildman–Crippen LogP) is 3.80. The lowest BCUT2D eigenvalue weighted by Gasteiger charge is -2.19. The number of para-hydroxylation sites is 2. The highest BCUT2D eigenvalue weighted by Crippen LogP contribution is 2.44. The Kier molecular flexibility index (Phi) is 3.99. The topological polar surface area (TPSA) is 72.8 Å². The van der Waals surface area contributed by atoms with Gasteiger partial charge in [0.2, 0.25) is 0 Å². The molecular weight excluding hydrogens is 340 g/mol. The Hall–Kier alpha value is -2.21. The van der Waals surface area contributed by atoms with E-state index in [2.05, 4.69) is 0 Å². The minimum Gasteiger partial charge on any atom is -0.504 e. The highest BCUT2D eigenvalue weighted by atomic mass is 32.2. The van der Waals surface area contributed by atoms with Crippen molar-refractivity contribution in [3.8, 4) is 17.2 Å². The summed E-state index contributed by atoms with van der Waals surface area (Å²) in [5.41, 5.74) is 2.56. The van der Waals surface area contributed by atoms with Crippen LogP contribution in [0.25, 0.3) is 0 Å². The van der Waals surface area contributed by atoms with Gasteiger partial charge in [-0.2, -0.15) is 8.42 Å². The number of phenols is 1. The van der Waals surface area contributed by atoms with E-state index in [-0.39, 0.29) is 22.0 Å². The number of aromatic hydroxyl groups is 1. The third-order valence-corrected chi connectivity index (χ3v) is 6.12. The maximum absolute atomic E-state index is 12.9. The van der Waals surface area contributed by atoms with E-state index < -0.39 is 10.1 Å². The predicted molar refractivity (Wildman–Crippen MR) is 95.0 cm³/mol. The molecule has 2 aromatic carbocycles. The number of hydrogen-bond donors (Lipinski definition) is 1. The van der Waals surface area contributed by atoms with Gasteiger partial charge in [0.05, 0.1) is 0 Å². The fraction of sp³-hybridized carbons (Fsp3) is 0.368. The van der Waals surface area contributed by atoms with Gasteiger partial charge in [-0.05, 0) is 63.4 Å². The average Bonchev–Trinajstić information content (AvgIpc) is 2.83. The Labute approximate surface area is 148 Å². The van der Waals surface area contributed by atoms with Crippen LogP contribution < -0.4 is 8.92 Å². The van der Waals surface area contributed by atoms with Crippen molar-refractivity contribution in [1.29, 1.82) is 0 Å². The zero-order valence-electron chi connectivity index (χ0n) is 15.0. The Bertz CT molecular complexity index is 958. The van der Waals surface area contributed by atoms with E-state index in [0.29, 0.717) is 17.5 Å². The van der Waals surface area contributed by atoms with Crippen LogP contribution in [0.1, 0.15) is 36.1 Å². The quantitative estimate of drug-likeness (QED) is 0.841. The van der Waals surface area contributed by atoms with Crippen LogP contribution in [-0.4, -0.2) is 19.1 Å². The molecule has 0 spiro atoms. The summed E-state index contributed by atoms with van der Waals surface area (Å²) in [4.78, 5) is 0.147. The van der Waals surface area contributed by atoms with Gasteiger partial charge >= 0.3 is 10.1 Å². The summed E-state index contributed by atoms with van der Waals surface area (Å²) in [6.07, 6.45) is 0.633. The van der Waals surface area contributed by atoms with Gasteiger partial charge in [0.15, 0.2) is 11.5 Å². The van der Waals surface area contributed by atoms with Gasteiger partial charge in [-0.3, -0.25) is 0 Å². The smallest absolute Gasteiger partial charge is 0.339 e. The van der Waals surface area contributed by atoms with Crippen molar-refractivity contribution >= 4 is 10.1 Å². The SMILES string of the molecule is Cc1c(C)c(S(=O)(=O)Oc2ccccc2O)c(C)c2c1OC(C)(C)C2. The van der Waals surface area contributed by atoms with E-state index >= 15 is 0 Å². The van der Waals surface area contributed by atoms with Gasteiger partial charge in [-0.1, -0.05) is 12.1 Å². The van der Waals surface area contributed by atoms with Crippen LogP contribution in [0.2, 0.25) is 0 Å². The number of ether oxygens (including phenoxy) is 1. The summed E-state index contributed by atoms with van der Waals surface area (Å²) in [5.74, 6) is 0.460. The first-order valence-corrected chi connectivity index (χ1v) is 9.48. The molecule has 0 bridgehead atoms. The highest BCUT2D eigenvalue weighted by Gasteiger charge is 2.37. The average molecular weight is 362 g/mol. The zero-order valence-corrected chi connectivity index (χ0v) is 15.8. The molecule has 0 saturated carbocycles. The molecule has 0 atom stereocenters. The number of hydrogen-bond acceptors (Lipinski definition) is 5. The molecule has 0 aromatic heterocycles. The van der Waals surface area contributed by atoms with Crippen LogP contribution in [0.4, 0.5) is 0 Å². The van der Waals surface area contributed by atoms with Crippen molar-refractivity contribution in [2.45, 2.75) is 51.5 Å². The molecule has 134 valence electrons. The van der Waals surface area contributed by atoms with Gasteiger partial charge in [-0.25, -0.2) is 0 Å². The van der Waals surface area contributed by atoms with Gasteiger partial charge in [0.25, 0.3) is 0 Å². The Morgan fingerprint density at radius 3 is 2.36 bits per heavy atom. The molecule has 0 fully saturated rings. The molecule has 6 heteroatoms. The van der Waals surface area contributed by atoms with Gasteiger partial charge in [0, 0.05) is 12.0 Å². The van der Waals surface area contributed by atoms with E-state index in [1.54, 1.807) is 26.0 Å². The van der Waals surface area contributed by atoms with Crippen molar-refractivity contribution in [1.82, 2.24) is 0 Å². The lowest BCUT2D eigenvalue weighted by atomic mass is 9.94. The molecule has 1 heterocycles. The third-order valence-electron chi connectivity index (χ3n) is 4.61. The van der Waals surface area contributed by atoms with Crippen molar-refractivity contribution < 1.29 is 22.4 Å². The normalized spacial score (nSPS) is 15.6. The maximum Gasteiger partial charge on any atom is 0.339 e. The number of rotatable bonds is 3. The number of benzene rings is 2. The highest BCUT2D eigenvalue weighted by molar-refractivity contribution is 7.87. The van der Waals surface area contributed by atoms with Gasteiger partial charge in [0.1, 0.15) is 16.2 Å². The largest absolute Gasteiger partial charge is 0.504 e. The van der Waals surface area contributed by atoms with E-state index in [4.69, 9.17) is 8.92 Å². The fourth-order valence-corrected chi connectivity index (χ4v) is 4.79. The Morgan fingerprint density at radius 1 is 1.08 bits per heavy atom. The Balaban J connectivity index is 2.15. The number of phenolic OH excluding ortho intramolecular Hbond substituents is 1. The van der Waals surface area contributed by atoms with E-state index in [1.807, 2.05) is 20.8 Å². The second-order valence-electron chi connectivity index (χ2n) is 7.06. The molecule has 1 N–H and O–H groups in total. The van der Waals surface area contributed by atoms with Crippen molar-refractivity contribution in [2.24, 2.45) is 0 Å². The first kappa shape index (κ1) is 17.6. The summed E-state index contributed by atoms with van der Waals surface area (Å²) in [6.45, 7) is 9.34. The van der Waals surface area contributed by atoms with Crippen molar-refractivity contribution in [3.05, 3.63) is 46.5 Å². The summed E-state index contributed by atoms with van der Waals surface area (Å²) >= 11 is 0. The minimum absolute atomic E-state index is 0.0870. The van der Waals surface area contributed by atoms with Crippen LogP contribution in [0.15, 0.2) is 29.2 Å². The summed E-state index contributed by atoms with van der Waals surface area (Å²) in [6, 6.07) is 6.01. The lowest BCUT2D eigenvalue weighted by molar-refractivity contribution is 0.137. The molecule has 25 heavy (non-hydrogen) atoms. The molecule has 2 aromatic rings. The third kappa shape index (κ3) is 2.95. The molecule has 3 rings (SSSR count). The maximum atomic E-state index is 12.9. The van der Waals surface area contributed by atoms with Crippen molar-refractivity contribution in [3.63, 3.8) is 0 Å². The summed E-state index contributed by atoms with van der Waals surface area (Å²) < 4.78 is 37.1. The van der Waals surface area contributed by atoms with Gasteiger partial charge in [-0.15, -0.1) is 0 Å². The molecule has 1 aliphatic heterocycles. The first-order chi connectivity index (χ1) is 11.5. The van der Waals surface area contributed by atoms with Crippen LogP contribution >= 0.6 is 0 Å². The van der Waals surface area contributed by atoms with Gasteiger partial charge < -0.3 is 14.0 Å². The second-order valence-corrected chi connectivity index (χ2v) is 8.54. The van der Waals surface area contributed by atoms with Crippen LogP contribution in [0, 0.1) is 20.8 Å². The first-order valence-electron chi connectivity index (χ1n) is 8.07.